The third-order valence-corrected chi connectivity index (χ3v) is 3.51. The minimum absolute atomic E-state index is 0.631. The van der Waals surface area contributed by atoms with Gasteiger partial charge in [0, 0.05) is 19.2 Å². The standard InChI is InChI=1S/C14H24N4O/c1-3-19-14-9-13(16-11(2)17-14)18-8-4-5-12(10-18)6-7-15/h9,12H,3-8,10,15H2,1-2H3. The Morgan fingerprint density at radius 3 is 3.05 bits per heavy atom. The number of ether oxygens (including phenoxy) is 1. The quantitative estimate of drug-likeness (QED) is 0.877. The van der Waals surface area contributed by atoms with Gasteiger partial charge < -0.3 is 15.4 Å². The van der Waals surface area contributed by atoms with Crippen molar-refractivity contribution in [1.82, 2.24) is 9.97 Å². The molecule has 0 radical (unpaired) electrons. The van der Waals surface area contributed by atoms with E-state index < -0.39 is 0 Å². The summed E-state index contributed by atoms with van der Waals surface area (Å²) in [4.78, 5) is 11.2. The van der Waals surface area contributed by atoms with Crippen LogP contribution in [-0.2, 0) is 0 Å². The van der Waals surface area contributed by atoms with Crippen LogP contribution in [0.4, 0.5) is 5.82 Å². The second-order valence-electron chi connectivity index (χ2n) is 5.08. The summed E-state index contributed by atoms with van der Waals surface area (Å²) in [6, 6.07) is 1.95. The first-order valence-electron chi connectivity index (χ1n) is 7.16. The van der Waals surface area contributed by atoms with Crippen LogP contribution < -0.4 is 15.4 Å². The van der Waals surface area contributed by atoms with Gasteiger partial charge in [-0.3, -0.25) is 0 Å². The molecular formula is C14H24N4O. The first-order valence-corrected chi connectivity index (χ1v) is 7.16. The third-order valence-electron chi connectivity index (χ3n) is 3.51. The number of aryl methyl sites for hydroxylation is 1. The largest absolute Gasteiger partial charge is 0.478 e. The van der Waals surface area contributed by atoms with E-state index in [1.807, 2.05) is 19.9 Å². The van der Waals surface area contributed by atoms with Gasteiger partial charge in [-0.25, -0.2) is 4.98 Å². The van der Waals surface area contributed by atoms with Crippen molar-refractivity contribution in [3.05, 3.63) is 11.9 Å². The van der Waals surface area contributed by atoms with Gasteiger partial charge in [-0.2, -0.15) is 4.98 Å². The van der Waals surface area contributed by atoms with Crippen LogP contribution >= 0.6 is 0 Å². The van der Waals surface area contributed by atoms with Crippen LogP contribution in [-0.4, -0.2) is 36.2 Å². The molecule has 19 heavy (non-hydrogen) atoms. The van der Waals surface area contributed by atoms with Crippen molar-refractivity contribution >= 4 is 5.82 Å². The fraction of sp³-hybridized carbons (Fsp3) is 0.714. The molecule has 1 fully saturated rings. The van der Waals surface area contributed by atoms with Gasteiger partial charge >= 0.3 is 0 Å². The highest BCUT2D eigenvalue weighted by Gasteiger charge is 2.21. The van der Waals surface area contributed by atoms with Gasteiger partial charge in [-0.15, -0.1) is 0 Å². The van der Waals surface area contributed by atoms with Crippen molar-refractivity contribution in [2.24, 2.45) is 11.7 Å². The lowest BCUT2D eigenvalue weighted by Crippen LogP contribution is -2.36. The molecule has 1 aliphatic rings. The normalized spacial score (nSPS) is 19.5. The number of anilines is 1. The maximum absolute atomic E-state index is 5.67. The van der Waals surface area contributed by atoms with E-state index in [1.54, 1.807) is 0 Å². The van der Waals surface area contributed by atoms with Gasteiger partial charge in [0.1, 0.15) is 11.6 Å². The Morgan fingerprint density at radius 1 is 1.47 bits per heavy atom. The number of piperidine rings is 1. The van der Waals surface area contributed by atoms with E-state index in [4.69, 9.17) is 10.5 Å². The molecule has 1 saturated heterocycles. The zero-order chi connectivity index (χ0) is 13.7. The summed E-state index contributed by atoms with van der Waals surface area (Å²) >= 11 is 0. The van der Waals surface area contributed by atoms with Crippen LogP contribution in [0.3, 0.4) is 0 Å². The Bertz CT molecular complexity index is 408. The SMILES string of the molecule is CCOc1cc(N2CCCC(CCN)C2)nc(C)n1. The van der Waals surface area contributed by atoms with E-state index in [0.29, 0.717) is 18.4 Å². The van der Waals surface area contributed by atoms with E-state index in [-0.39, 0.29) is 0 Å². The lowest BCUT2D eigenvalue weighted by atomic mass is 9.95. The summed E-state index contributed by atoms with van der Waals surface area (Å²) in [6.07, 6.45) is 3.58. The van der Waals surface area contributed by atoms with Gasteiger partial charge in [-0.05, 0) is 45.6 Å². The molecule has 2 heterocycles. The van der Waals surface area contributed by atoms with Crippen LogP contribution in [0.25, 0.3) is 0 Å². The minimum atomic E-state index is 0.631. The lowest BCUT2D eigenvalue weighted by molar-refractivity contribution is 0.324. The molecule has 2 rings (SSSR count). The zero-order valence-electron chi connectivity index (χ0n) is 11.9. The van der Waals surface area contributed by atoms with E-state index >= 15 is 0 Å². The zero-order valence-corrected chi connectivity index (χ0v) is 11.9. The van der Waals surface area contributed by atoms with Crippen molar-refractivity contribution in [2.75, 3.05) is 31.1 Å². The number of hydrogen-bond acceptors (Lipinski definition) is 5. The number of rotatable bonds is 5. The summed E-state index contributed by atoms with van der Waals surface area (Å²) in [7, 11) is 0. The fourth-order valence-electron chi connectivity index (χ4n) is 2.65. The molecule has 0 amide bonds. The van der Waals surface area contributed by atoms with Crippen LogP contribution in [0, 0.1) is 12.8 Å². The molecule has 1 atom stereocenters. The smallest absolute Gasteiger partial charge is 0.218 e. The first-order chi connectivity index (χ1) is 9.22. The average Bonchev–Trinajstić information content (AvgIpc) is 2.39. The van der Waals surface area contributed by atoms with Gasteiger partial charge in [0.15, 0.2) is 0 Å². The molecule has 106 valence electrons. The van der Waals surface area contributed by atoms with Gasteiger partial charge in [0.05, 0.1) is 6.61 Å². The Kier molecular flexibility index (Phi) is 4.96. The Labute approximate surface area is 115 Å². The second kappa shape index (κ2) is 6.70. The molecule has 0 bridgehead atoms. The fourth-order valence-corrected chi connectivity index (χ4v) is 2.65. The summed E-state index contributed by atoms with van der Waals surface area (Å²) in [6.45, 7) is 7.38. The maximum atomic E-state index is 5.67. The predicted octanol–water partition coefficient (Wildman–Crippen LogP) is 1.75. The highest BCUT2D eigenvalue weighted by atomic mass is 16.5. The van der Waals surface area contributed by atoms with E-state index in [2.05, 4.69) is 14.9 Å². The lowest BCUT2D eigenvalue weighted by Gasteiger charge is -2.33. The van der Waals surface area contributed by atoms with Crippen molar-refractivity contribution in [2.45, 2.75) is 33.1 Å². The molecule has 0 saturated carbocycles. The van der Waals surface area contributed by atoms with E-state index in [9.17, 15) is 0 Å². The molecule has 5 nitrogen and oxygen atoms in total. The van der Waals surface area contributed by atoms with Crippen LogP contribution in [0.2, 0.25) is 0 Å². The molecule has 0 spiro atoms. The molecule has 1 aromatic heterocycles. The summed E-state index contributed by atoms with van der Waals surface area (Å²) in [5, 5.41) is 0. The van der Waals surface area contributed by atoms with Crippen LogP contribution in [0.1, 0.15) is 32.0 Å². The molecule has 1 aliphatic heterocycles. The number of nitrogens with zero attached hydrogens (tertiary/aromatic N) is 3. The van der Waals surface area contributed by atoms with Crippen LogP contribution in [0.5, 0.6) is 5.88 Å². The predicted molar refractivity (Wildman–Crippen MR) is 76.5 cm³/mol. The van der Waals surface area contributed by atoms with Crippen molar-refractivity contribution in [3.8, 4) is 5.88 Å². The second-order valence-corrected chi connectivity index (χ2v) is 5.08. The van der Waals surface area contributed by atoms with E-state index in [1.165, 1.54) is 12.8 Å². The molecule has 2 N–H and O–H groups in total. The number of nitrogens with two attached hydrogens (primary N) is 1. The molecule has 0 aliphatic carbocycles. The first kappa shape index (κ1) is 14.1. The molecule has 1 aromatic rings. The minimum Gasteiger partial charge on any atom is -0.478 e. The highest BCUT2D eigenvalue weighted by Crippen LogP contribution is 2.25. The topological polar surface area (TPSA) is 64.3 Å². The third kappa shape index (κ3) is 3.80. The average molecular weight is 264 g/mol. The summed E-state index contributed by atoms with van der Waals surface area (Å²) in [5.41, 5.74) is 5.67. The Hall–Kier alpha value is -1.36. The number of hydrogen-bond donors (Lipinski definition) is 1. The Balaban J connectivity index is 2.11. The molecular weight excluding hydrogens is 240 g/mol. The van der Waals surface area contributed by atoms with Crippen molar-refractivity contribution in [3.63, 3.8) is 0 Å². The van der Waals surface area contributed by atoms with Crippen molar-refractivity contribution < 1.29 is 4.74 Å². The molecule has 5 heteroatoms. The maximum Gasteiger partial charge on any atom is 0.218 e. The summed E-state index contributed by atoms with van der Waals surface area (Å²) < 4.78 is 5.49. The number of aromatic nitrogens is 2. The molecule has 1 unspecified atom stereocenters. The highest BCUT2D eigenvalue weighted by molar-refractivity contribution is 5.42. The van der Waals surface area contributed by atoms with E-state index in [0.717, 1.165) is 37.7 Å². The van der Waals surface area contributed by atoms with Gasteiger partial charge in [0.25, 0.3) is 0 Å². The van der Waals surface area contributed by atoms with Gasteiger partial charge in [0.2, 0.25) is 5.88 Å². The monoisotopic (exact) mass is 264 g/mol. The molecule has 0 aromatic carbocycles. The Morgan fingerprint density at radius 2 is 2.32 bits per heavy atom. The summed E-state index contributed by atoms with van der Waals surface area (Å²) in [5.74, 6) is 3.11. The van der Waals surface area contributed by atoms with Crippen molar-refractivity contribution in [1.29, 1.82) is 0 Å². The van der Waals surface area contributed by atoms with Crippen LogP contribution in [0.15, 0.2) is 6.07 Å². The van der Waals surface area contributed by atoms with Gasteiger partial charge in [-0.1, -0.05) is 0 Å².